The van der Waals surface area contributed by atoms with Crippen LogP contribution in [0.2, 0.25) is 0 Å². The van der Waals surface area contributed by atoms with E-state index in [1.54, 1.807) is 0 Å². The molecule has 1 aromatic heterocycles. The molecule has 0 aliphatic heterocycles. The van der Waals surface area contributed by atoms with Gasteiger partial charge < -0.3 is 4.90 Å². The van der Waals surface area contributed by atoms with Crippen LogP contribution in [0, 0.1) is 5.92 Å². The molecule has 19 heavy (non-hydrogen) atoms. The first-order valence-corrected chi connectivity index (χ1v) is 6.98. The first-order valence-electron chi connectivity index (χ1n) is 6.98. The van der Waals surface area contributed by atoms with Crippen LogP contribution < -0.4 is 0 Å². The number of likely N-dealkylation sites (N-methyl/N-ethyl adjacent to an activating group) is 1. The fraction of sp³-hybridized carbons (Fsp3) is 0.500. The molecule has 0 fully saturated rings. The van der Waals surface area contributed by atoms with Crippen molar-refractivity contribution in [2.45, 2.75) is 26.2 Å². The summed E-state index contributed by atoms with van der Waals surface area (Å²) in [5.74, 6) is 1.05. The Morgan fingerprint density at radius 2 is 1.84 bits per heavy atom. The number of hydrogen-bond acceptors (Lipinski definition) is 3. The van der Waals surface area contributed by atoms with E-state index >= 15 is 0 Å². The molecular weight excluding hydrogens is 234 g/mol. The van der Waals surface area contributed by atoms with Crippen LogP contribution in [0.3, 0.4) is 0 Å². The fourth-order valence-electron chi connectivity index (χ4n) is 2.39. The lowest BCUT2D eigenvalue weighted by molar-refractivity contribution is 0.311. The summed E-state index contributed by atoms with van der Waals surface area (Å²) in [4.78, 5) is 11.6. The molecule has 102 valence electrons. The highest BCUT2D eigenvalue weighted by atomic mass is 15.1. The van der Waals surface area contributed by atoms with E-state index in [0.29, 0.717) is 11.8 Å². The third-order valence-electron chi connectivity index (χ3n) is 3.74. The van der Waals surface area contributed by atoms with Crippen LogP contribution >= 0.6 is 0 Å². The Kier molecular flexibility index (Phi) is 4.48. The predicted octanol–water partition coefficient (Wildman–Crippen LogP) is 3.32. The lowest BCUT2D eigenvalue weighted by Crippen LogP contribution is -2.25. The van der Waals surface area contributed by atoms with Gasteiger partial charge in [0.15, 0.2) is 0 Å². The van der Waals surface area contributed by atoms with Gasteiger partial charge in [-0.3, -0.25) is 4.98 Å². The molecule has 2 unspecified atom stereocenters. The van der Waals surface area contributed by atoms with Gasteiger partial charge in [0.25, 0.3) is 0 Å². The zero-order valence-electron chi connectivity index (χ0n) is 12.3. The van der Waals surface area contributed by atoms with E-state index < -0.39 is 0 Å². The molecule has 0 bridgehead atoms. The number of hydrogen-bond donors (Lipinski definition) is 0. The Morgan fingerprint density at radius 1 is 1.16 bits per heavy atom. The summed E-state index contributed by atoms with van der Waals surface area (Å²) in [6, 6.07) is 8.07. The van der Waals surface area contributed by atoms with Crippen molar-refractivity contribution in [1.29, 1.82) is 0 Å². The molecule has 1 heterocycles. The van der Waals surface area contributed by atoms with E-state index in [1.807, 2.05) is 30.5 Å². The number of rotatable bonds is 5. The van der Waals surface area contributed by atoms with Crippen molar-refractivity contribution in [2.75, 3.05) is 20.6 Å². The Labute approximate surface area is 115 Å². The minimum atomic E-state index is 0.442. The Bertz CT molecular complexity index is 536. The Morgan fingerprint density at radius 3 is 2.47 bits per heavy atom. The number of aromatic nitrogens is 2. The third kappa shape index (κ3) is 3.29. The molecule has 2 aromatic rings. The van der Waals surface area contributed by atoms with Gasteiger partial charge in [0, 0.05) is 18.7 Å². The second kappa shape index (κ2) is 6.11. The van der Waals surface area contributed by atoms with Gasteiger partial charge in [-0.25, -0.2) is 4.98 Å². The molecule has 0 amide bonds. The van der Waals surface area contributed by atoms with Gasteiger partial charge in [0.1, 0.15) is 0 Å². The highest BCUT2D eigenvalue weighted by Gasteiger charge is 2.20. The van der Waals surface area contributed by atoms with Gasteiger partial charge in [-0.1, -0.05) is 32.4 Å². The molecule has 1 aromatic carbocycles. The monoisotopic (exact) mass is 257 g/mol. The van der Waals surface area contributed by atoms with E-state index in [2.05, 4.69) is 37.8 Å². The van der Waals surface area contributed by atoms with Gasteiger partial charge in [0.2, 0.25) is 0 Å². The van der Waals surface area contributed by atoms with Crippen LogP contribution in [0.15, 0.2) is 30.5 Å². The first kappa shape index (κ1) is 13.9. The molecule has 2 rings (SSSR count). The number of para-hydroxylation sites is 2. The minimum Gasteiger partial charge on any atom is -0.309 e. The summed E-state index contributed by atoms with van der Waals surface area (Å²) in [5, 5.41) is 0. The van der Waals surface area contributed by atoms with Gasteiger partial charge in [-0.05, 0) is 32.1 Å². The molecule has 0 radical (unpaired) electrons. The molecule has 0 saturated carbocycles. The molecule has 0 aliphatic carbocycles. The standard InChI is InChI=1S/C16H23N3/c1-5-12(2)13(11-19(3)4)16-10-17-14-8-6-7-9-15(14)18-16/h6-10,12-13H,5,11H2,1-4H3. The highest BCUT2D eigenvalue weighted by molar-refractivity contribution is 5.73. The molecule has 0 aliphatic rings. The van der Waals surface area contributed by atoms with Crippen molar-refractivity contribution >= 4 is 11.0 Å². The second-order valence-electron chi connectivity index (χ2n) is 5.54. The van der Waals surface area contributed by atoms with E-state index in [4.69, 9.17) is 4.98 Å². The summed E-state index contributed by atoms with van der Waals surface area (Å²) in [6.45, 7) is 5.55. The molecule has 2 atom stereocenters. The maximum Gasteiger partial charge on any atom is 0.0890 e. The molecule has 3 nitrogen and oxygen atoms in total. The molecule has 0 N–H and O–H groups in total. The van der Waals surface area contributed by atoms with E-state index in [1.165, 1.54) is 0 Å². The highest BCUT2D eigenvalue weighted by Crippen LogP contribution is 2.26. The van der Waals surface area contributed by atoms with Crippen molar-refractivity contribution in [3.05, 3.63) is 36.2 Å². The molecular formula is C16H23N3. The van der Waals surface area contributed by atoms with Crippen LogP contribution in [0.4, 0.5) is 0 Å². The summed E-state index contributed by atoms with van der Waals surface area (Å²) < 4.78 is 0. The zero-order chi connectivity index (χ0) is 13.8. The van der Waals surface area contributed by atoms with Gasteiger partial charge in [-0.2, -0.15) is 0 Å². The van der Waals surface area contributed by atoms with Crippen LogP contribution in [0.1, 0.15) is 31.9 Å². The summed E-state index contributed by atoms with van der Waals surface area (Å²) in [5.41, 5.74) is 3.08. The maximum absolute atomic E-state index is 4.81. The summed E-state index contributed by atoms with van der Waals surface area (Å²) in [6.07, 6.45) is 3.11. The van der Waals surface area contributed by atoms with Crippen LogP contribution in [-0.4, -0.2) is 35.5 Å². The van der Waals surface area contributed by atoms with E-state index in [0.717, 1.165) is 29.7 Å². The summed E-state index contributed by atoms with van der Waals surface area (Å²) >= 11 is 0. The lowest BCUT2D eigenvalue weighted by atomic mass is 9.88. The Hall–Kier alpha value is -1.48. The van der Waals surface area contributed by atoms with Crippen molar-refractivity contribution in [2.24, 2.45) is 5.92 Å². The smallest absolute Gasteiger partial charge is 0.0890 e. The quantitative estimate of drug-likeness (QED) is 0.822. The van der Waals surface area contributed by atoms with Crippen molar-refractivity contribution in [3.63, 3.8) is 0 Å². The normalized spacial score (nSPS) is 14.8. The number of benzene rings is 1. The fourth-order valence-corrected chi connectivity index (χ4v) is 2.39. The van der Waals surface area contributed by atoms with Gasteiger partial charge >= 0.3 is 0 Å². The average Bonchev–Trinajstić information content (AvgIpc) is 2.43. The largest absolute Gasteiger partial charge is 0.309 e. The van der Waals surface area contributed by atoms with Crippen molar-refractivity contribution in [3.8, 4) is 0 Å². The Balaban J connectivity index is 2.37. The topological polar surface area (TPSA) is 29.0 Å². The van der Waals surface area contributed by atoms with Crippen LogP contribution in [0.25, 0.3) is 11.0 Å². The molecule has 0 spiro atoms. The summed E-state index contributed by atoms with van der Waals surface area (Å²) in [7, 11) is 4.23. The SMILES string of the molecule is CCC(C)C(CN(C)C)c1cnc2ccccc2n1. The average molecular weight is 257 g/mol. The van der Waals surface area contributed by atoms with Crippen molar-refractivity contribution in [1.82, 2.24) is 14.9 Å². The van der Waals surface area contributed by atoms with Crippen molar-refractivity contribution < 1.29 is 0 Å². The lowest BCUT2D eigenvalue weighted by Gasteiger charge is -2.25. The minimum absolute atomic E-state index is 0.442. The first-order chi connectivity index (χ1) is 9.11. The zero-order valence-corrected chi connectivity index (χ0v) is 12.3. The van der Waals surface area contributed by atoms with E-state index in [9.17, 15) is 0 Å². The maximum atomic E-state index is 4.81. The second-order valence-corrected chi connectivity index (χ2v) is 5.54. The predicted molar refractivity (Wildman–Crippen MR) is 80.3 cm³/mol. The van der Waals surface area contributed by atoms with E-state index in [-0.39, 0.29) is 0 Å². The third-order valence-corrected chi connectivity index (χ3v) is 3.74. The van der Waals surface area contributed by atoms with Gasteiger partial charge in [0.05, 0.1) is 16.7 Å². The molecule has 0 saturated heterocycles. The number of nitrogens with zero attached hydrogens (tertiary/aromatic N) is 3. The van der Waals surface area contributed by atoms with Crippen LogP contribution in [0.5, 0.6) is 0 Å². The molecule has 3 heteroatoms. The van der Waals surface area contributed by atoms with Gasteiger partial charge in [-0.15, -0.1) is 0 Å². The van der Waals surface area contributed by atoms with Crippen LogP contribution in [-0.2, 0) is 0 Å². The number of fused-ring (bicyclic) bond motifs is 1.